The van der Waals surface area contributed by atoms with Gasteiger partial charge in [0.25, 0.3) is 0 Å². The summed E-state index contributed by atoms with van der Waals surface area (Å²) in [4.78, 5) is 20.6. The van der Waals surface area contributed by atoms with E-state index >= 15 is 0 Å². The van der Waals surface area contributed by atoms with E-state index in [9.17, 15) is 4.39 Å². The van der Waals surface area contributed by atoms with E-state index < -0.39 is 0 Å². The molecule has 5 rings (SSSR count). The predicted molar refractivity (Wildman–Crippen MR) is 115 cm³/mol. The summed E-state index contributed by atoms with van der Waals surface area (Å²) in [5.74, 6) is 1.76. The van der Waals surface area contributed by atoms with Gasteiger partial charge in [0.1, 0.15) is 29.4 Å². The molecule has 1 saturated heterocycles. The number of nitrogens with zero attached hydrogens (tertiary/aromatic N) is 7. The Bertz CT molecular complexity index is 1020. The fraction of sp³-hybridized carbons (Fsp3) is 0.500. The fourth-order valence-electron chi connectivity index (χ4n) is 4.43. The average Bonchev–Trinajstić information content (AvgIpc) is 3.49. The minimum Gasteiger partial charge on any atom is -0.363 e. The van der Waals surface area contributed by atoms with E-state index in [1.54, 1.807) is 16.8 Å². The molecule has 0 amide bonds. The Morgan fingerprint density at radius 3 is 2.47 bits per heavy atom. The molecule has 3 aromatic heterocycles. The maximum atomic E-state index is 13.4. The molecule has 0 radical (unpaired) electrons. The van der Waals surface area contributed by atoms with Crippen LogP contribution < -0.4 is 9.80 Å². The van der Waals surface area contributed by atoms with Gasteiger partial charge in [-0.2, -0.15) is 0 Å². The fourth-order valence-corrected chi connectivity index (χ4v) is 4.43. The van der Waals surface area contributed by atoms with Crippen molar-refractivity contribution in [2.24, 2.45) is 0 Å². The minimum atomic E-state index is -0.241. The molecule has 0 unspecified atom stereocenters. The molecule has 30 heavy (non-hydrogen) atoms. The maximum Gasteiger partial charge on any atom is 0.139 e. The third-order valence-corrected chi connectivity index (χ3v) is 6.10. The Kier molecular flexibility index (Phi) is 5.02. The predicted octanol–water partition coefficient (Wildman–Crippen LogP) is 2.96. The normalized spacial score (nSPS) is 18.1. The van der Waals surface area contributed by atoms with Crippen molar-refractivity contribution in [2.75, 3.05) is 37.0 Å². The standard InChI is InChI=1S/C22H28FN7/c1-27(2)21-11-22(25-15-24-21)30(18-4-5-18)19-7-9-28(10-8-19)13-17-14-29-12-16(23)3-6-20(29)26-17/h3,6,11-12,14-15,18-19H,4-5,7-10,13H2,1-2H3. The molecule has 4 heterocycles. The van der Waals surface area contributed by atoms with Crippen LogP contribution in [0, 0.1) is 5.82 Å². The van der Waals surface area contributed by atoms with Crippen LogP contribution in [0.3, 0.4) is 0 Å². The van der Waals surface area contributed by atoms with E-state index in [1.165, 1.54) is 25.1 Å². The molecule has 158 valence electrons. The highest BCUT2D eigenvalue weighted by molar-refractivity contribution is 5.51. The Balaban J connectivity index is 1.25. The molecule has 3 aromatic rings. The van der Waals surface area contributed by atoms with Crippen molar-refractivity contribution >= 4 is 17.3 Å². The molecule has 1 saturated carbocycles. The van der Waals surface area contributed by atoms with Crippen molar-refractivity contribution in [3.63, 3.8) is 0 Å². The van der Waals surface area contributed by atoms with Crippen molar-refractivity contribution in [1.29, 1.82) is 0 Å². The van der Waals surface area contributed by atoms with Crippen LogP contribution in [0.25, 0.3) is 5.65 Å². The van der Waals surface area contributed by atoms with E-state index in [1.807, 2.05) is 25.2 Å². The maximum absolute atomic E-state index is 13.4. The highest BCUT2D eigenvalue weighted by Crippen LogP contribution is 2.36. The van der Waals surface area contributed by atoms with Crippen LogP contribution in [0.5, 0.6) is 0 Å². The summed E-state index contributed by atoms with van der Waals surface area (Å²) in [6.07, 6.45) is 9.82. The second-order valence-corrected chi connectivity index (χ2v) is 8.62. The number of pyridine rings is 1. The molecule has 0 N–H and O–H groups in total. The van der Waals surface area contributed by atoms with Crippen LogP contribution in [0.1, 0.15) is 31.4 Å². The molecule has 7 nitrogen and oxygen atoms in total. The first-order valence-corrected chi connectivity index (χ1v) is 10.7. The topological polar surface area (TPSA) is 52.8 Å². The van der Waals surface area contributed by atoms with Crippen molar-refractivity contribution in [3.05, 3.63) is 48.4 Å². The summed E-state index contributed by atoms with van der Waals surface area (Å²) >= 11 is 0. The van der Waals surface area contributed by atoms with Crippen LogP contribution in [-0.4, -0.2) is 63.5 Å². The lowest BCUT2D eigenvalue weighted by molar-refractivity contribution is 0.198. The van der Waals surface area contributed by atoms with Crippen molar-refractivity contribution in [2.45, 2.75) is 44.3 Å². The van der Waals surface area contributed by atoms with E-state index in [4.69, 9.17) is 0 Å². The van der Waals surface area contributed by atoms with Gasteiger partial charge in [0.05, 0.1) is 5.69 Å². The second-order valence-electron chi connectivity index (χ2n) is 8.62. The van der Waals surface area contributed by atoms with Gasteiger partial charge in [-0.15, -0.1) is 0 Å². The van der Waals surface area contributed by atoms with E-state index in [0.717, 1.165) is 55.5 Å². The van der Waals surface area contributed by atoms with Crippen LogP contribution in [-0.2, 0) is 6.54 Å². The highest BCUT2D eigenvalue weighted by atomic mass is 19.1. The molecule has 0 aromatic carbocycles. The van der Waals surface area contributed by atoms with E-state index in [0.29, 0.717) is 12.1 Å². The number of hydrogen-bond donors (Lipinski definition) is 0. The van der Waals surface area contributed by atoms with E-state index in [-0.39, 0.29) is 5.82 Å². The number of imidazole rings is 1. The van der Waals surface area contributed by atoms with Crippen LogP contribution in [0.2, 0.25) is 0 Å². The number of anilines is 2. The monoisotopic (exact) mass is 409 g/mol. The molecular formula is C22H28FN7. The first kappa shape index (κ1) is 19.2. The van der Waals surface area contributed by atoms with Gasteiger partial charge in [-0.1, -0.05) is 0 Å². The van der Waals surface area contributed by atoms with Crippen molar-refractivity contribution in [3.8, 4) is 0 Å². The lowest BCUT2D eigenvalue weighted by Gasteiger charge is -2.39. The smallest absolute Gasteiger partial charge is 0.139 e. The molecule has 2 aliphatic rings. The van der Waals surface area contributed by atoms with Crippen molar-refractivity contribution < 1.29 is 4.39 Å². The molecule has 1 aliphatic heterocycles. The van der Waals surface area contributed by atoms with Crippen LogP contribution in [0.15, 0.2) is 36.9 Å². The summed E-state index contributed by atoms with van der Waals surface area (Å²) in [6, 6.07) is 6.41. The van der Waals surface area contributed by atoms with Gasteiger partial charge in [-0.3, -0.25) is 4.90 Å². The van der Waals surface area contributed by atoms with Gasteiger partial charge in [-0.05, 0) is 37.8 Å². The number of likely N-dealkylation sites (tertiary alicyclic amines) is 1. The molecular weight excluding hydrogens is 381 g/mol. The Morgan fingerprint density at radius 2 is 1.73 bits per heavy atom. The Hall–Kier alpha value is -2.74. The van der Waals surface area contributed by atoms with Crippen molar-refractivity contribution in [1.82, 2.24) is 24.3 Å². The highest BCUT2D eigenvalue weighted by Gasteiger charge is 2.36. The molecule has 0 bridgehead atoms. The quantitative estimate of drug-likeness (QED) is 0.624. The Labute approximate surface area is 176 Å². The summed E-state index contributed by atoms with van der Waals surface area (Å²) in [5, 5.41) is 0. The zero-order chi connectivity index (χ0) is 20.7. The second kappa shape index (κ2) is 7.83. The lowest BCUT2D eigenvalue weighted by Crippen LogP contribution is -2.46. The number of hydrogen-bond acceptors (Lipinski definition) is 6. The minimum absolute atomic E-state index is 0.241. The van der Waals surface area contributed by atoms with Gasteiger partial charge >= 0.3 is 0 Å². The molecule has 0 spiro atoms. The number of rotatable bonds is 6. The largest absolute Gasteiger partial charge is 0.363 e. The summed E-state index contributed by atoms with van der Waals surface area (Å²) in [7, 11) is 4.03. The average molecular weight is 410 g/mol. The molecule has 2 fully saturated rings. The third kappa shape index (κ3) is 3.96. The third-order valence-electron chi connectivity index (χ3n) is 6.10. The molecule has 1 aliphatic carbocycles. The van der Waals surface area contributed by atoms with Gasteiger partial charge in [0.15, 0.2) is 0 Å². The van der Waals surface area contributed by atoms with E-state index in [2.05, 4.69) is 30.8 Å². The first-order valence-electron chi connectivity index (χ1n) is 10.7. The van der Waals surface area contributed by atoms with Gasteiger partial charge in [0, 0.05) is 64.3 Å². The molecule has 0 atom stereocenters. The van der Waals surface area contributed by atoms with Gasteiger partial charge < -0.3 is 14.2 Å². The molecule has 8 heteroatoms. The first-order chi connectivity index (χ1) is 14.6. The zero-order valence-electron chi connectivity index (χ0n) is 17.6. The lowest BCUT2D eigenvalue weighted by atomic mass is 10.0. The number of aromatic nitrogens is 4. The van der Waals surface area contributed by atoms with Gasteiger partial charge in [0.2, 0.25) is 0 Å². The summed E-state index contributed by atoms with van der Waals surface area (Å²) in [5.41, 5.74) is 1.78. The van der Waals surface area contributed by atoms with Crippen LogP contribution >= 0.6 is 0 Å². The zero-order valence-corrected chi connectivity index (χ0v) is 17.6. The number of fused-ring (bicyclic) bond motifs is 1. The SMILES string of the molecule is CN(C)c1cc(N(C2CC2)C2CCN(Cc3cn4cc(F)ccc4n3)CC2)ncn1. The summed E-state index contributed by atoms with van der Waals surface area (Å²) < 4.78 is 15.2. The van der Waals surface area contributed by atoms with Gasteiger partial charge in [-0.25, -0.2) is 19.3 Å². The van der Waals surface area contributed by atoms with Crippen LogP contribution in [0.4, 0.5) is 16.0 Å². The Morgan fingerprint density at radius 1 is 1.00 bits per heavy atom. The number of piperidine rings is 1. The summed E-state index contributed by atoms with van der Waals surface area (Å²) in [6.45, 7) is 2.86. The number of halogens is 1.